The molecule has 4 nitrogen and oxygen atoms in total. The van der Waals surface area contributed by atoms with Crippen molar-refractivity contribution in [2.75, 3.05) is 0 Å². The van der Waals surface area contributed by atoms with Crippen molar-refractivity contribution in [1.82, 2.24) is 5.43 Å². The molecular weight excluding hydrogens is 216 g/mol. The summed E-state index contributed by atoms with van der Waals surface area (Å²) in [6, 6.07) is 5.78. The third-order valence-corrected chi connectivity index (χ3v) is 2.82. The molecule has 3 N–H and O–H groups in total. The minimum absolute atomic E-state index is 0.0541. The van der Waals surface area contributed by atoms with Crippen LogP contribution in [-0.4, -0.2) is 12.0 Å². The zero-order valence-corrected chi connectivity index (χ0v) is 10.8. The highest BCUT2D eigenvalue weighted by Gasteiger charge is 2.24. The number of ether oxygens (including phenoxy) is 1. The summed E-state index contributed by atoms with van der Waals surface area (Å²) in [6.07, 6.45) is -0.569. The van der Waals surface area contributed by atoms with Crippen LogP contribution in [0.1, 0.15) is 25.0 Å². The Balaban J connectivity index is 2.94. The molecule has 0 heterocycles. The third-order valence-electron chi connectivity index (χ3n) is 2.82. The van der Waals surface area contributed by atoms with E-state index in [4.69, 9.17) is 10.6 Å². The molecular formula is C13H20N2O2. The van der Waals surface area contributed by atoms with E-state index in [0.29, 0.717) is 0 Å². The molecule has 0 bridgehead atoms. The van der Waals surface area contributed by atoms with Crippen molar-refractivity contribution < 1.29 is 9.53 Å². The molecule has 1 unspecified atom stereocenters. The summed E-state index contributed by atoms with van der Waals surface area (Å²) >= 11 is 0. The van der Waals surface area contributed by atoms with E-state index in [9.17, 15) is 4.79 Å². The molecule has 0 spiro atoms. The van der Waals surface area contributed by atoms with Gasteiger partial charge in [0.15, 0.2) is 6.10 Å². The average Bonchev–Trinajstić information content (AvgIpc) is 2.29. The molecule has 1 amide bonds. The summed E-state index contributed by atoms with van der Waals surface area (Å²) in [5.74, 6) is 5.63. The molecule has 0 radical (unpaired) electrons. The SMILES string of the molecule is Cc1cccc(OC(C(=O)NN)C(C)C)c1C. The molecule has 1 aromatic carbocycles. The summed E-state index contributed by atoms with van der Waals surface area (Å²) in [4.78, 5) is 11.6. The molecule has 94 valence electrons. The third kappa shape index (κ3) is 3.20. The quantitative estimate of drug-likeness (QED) is 0.475. The van der Waals surface area contributed by atoms with Gasteiger partial charge in [-0.3, -0.25) is 10.2 Å². The maximum Gasteiger partial charge on any atom is 0.275 e. The first-order valence-corrected chi connectivity index (χ1v) is 5.70. The summed E-state index contributed by atoms with van der Waals surface area (Å²) in [6.45, 7) is 7.83. The molecule has 17 heavy (non-hydrogen) atoms. The minimum Gasteiger partial charge on any atom is -0.480 e. The predicted molar refractivity (Wildman–Crippen MR) is 67.5 cm³/mol. The van der Waals surface area contributed by atoms with Crippen LogP contribution in [0.3, 0.4) is 0 Å². The van der Waals surface area contributed by atoms with Crippen LogP contribution in [0.15, 0.2) is 18.2 Å². The van der Waals surface area contributed by atoms with Gasteiger partial charge in [-0.25, -0.2) is 5.84 Å². The van der Waals surface area contributed by atoms with E-state index < -0.39 is 6.10 Å². The Morgan fingerprint density at radius 2 is 2.00 bits per heavy atom. The fourth-order valence-electron chi connectivity index (χ4n) is 1.56. The Labute approximate surface area is 102 Å². The molecule has 1 atom stereocenters. The molecule has 0 aromatic heterocycles. The highest BCUT2D eigenvalue weighted by molar-refractivity contribution is 5.80. The van der Waals surface area contributed by atoms with Crippen LogP contribution in [0.4, 0.5) is 0 Å². The second kappa shape index (κ2) is 5.68. The van der Waals surface area contributed by atoms with E-state index in [1.807, 2.05) is 45.9 Å². The van der Waals surface area contributed by atoms with Gasteiger partial charge in [0.25, 0.3) is 5.91 Å². The van der Waals surface area contributed by atoms with Crippen molar-refractivity contribution in [3.63, 3.8) is 0 Å². The maximum absolute atomic E-state index is 11.6. The van der Waals surface area contributed by atoms with E-state index in [-0.39, 0.29) is 11.8 Å². The van der Waals surface area contributed by atoms with E-state index in [1.165, 1.54) is 0 Å². The largest absolute Gasteiger partial charge is 0.480 e. The minimum atomic E-state index is -0.569. The molecule has 4 heteroatoms. The Hall–Kier alpha value is -1.55. The number of nitrogens with one attached hydrogen (secondary N) is 1. The van der Waals surface area contributed by atoms with E-state index in [0.717, 1.165) is 16.9 Å². The number of aryl methyl sites for hydroxylation is 1. The fourth-order valence-corrected chi connectivity index (χ4v) is 1.56. The van der Waals surface area contributed by atoms with Gasteiger partial charge in [0.05, 0.1) is 0 Å². The van der Waals surface area contributed by atoms with Gasteiger partial charge in [-0.1, -0.05) is 26.0 Å². The predicted octanol–water partition coefficient (Wildman–Crippen LogP) is 1.70. The van der Waals surface area contributed by atoms with Crippen LogP contribution in [0.5, 0.6) is 5.75 Å². The number of hydrogen-bond donors (Lipinski definition) is 2. The Kier molecular flexibility index (Phi) is 4.52. The van der Waals surface area contributed by atoms with Crippen LogP contribution in [-0.2, 0) is 4.79 Å². The van der Waals surface area contributed by atoms with Gasteiger partial charge in [0.1, 0.15) is 5.75 Å². The lowest BCUT2D eigenvalue weighted by Gasteiger charge is -2.22. The highest BCUT2D eigenvalue weighted by atomic mass is 16.5. The van der Waals surface area contributed by atoms with Crippen molar-refractivity contribution in [3.8, 4) is 5.75 Å². The number of nitrogens with two attached hydrogens (primary N) is 1. The van der Waals surface area contributed by atoms with Gasteiger partial charge in [0.2, 0.25) is 0 Å². The van der Waals surface area contributed by atoms with E-state index in [1.54, 1.807) is 0 Å². The lowest BCUT2D eigenvalue weighted by molar-refractivity contribution is -0.129. The van der Waals surface area contributed by atoms with Gasteiger partial charge >= 0.3 is 0 Å². The number of hydrazine groups is 1. The summed E-state index contributed by atoms with van der Waals surface area (Å²) in [7, 11) is 0. The van der Waals surface area contributed by atoms with Gasteiger partial charge in [-0.15, -0.1) is 0 Å². The van der Waals surface area contributed by atoms with Crippen LogP contribution in [0.2, 0.25) is 0 Å². The first kappa shape index (κ1) is 13.5. The summed E-state index contributed by atoms with van der Waals surface area (Å²) in [5, 5.41) is 0. The van der Waals surface area contributed by atoms with Crippen LogP contribution >= 0.6 is 0 Å². The van der Waals surface area contributed by atoms with Crippen LogP contribution < -0.4 is 16.0 Å². The zero-order valence-electron chi connectivity index (χ0n) is 10.8. The second-order valence-corrected chi connectivity index (χ2v) is 4.49. The highest BCUT2D eigenvalue weighted by Crippen LogP contribution is 2.23. The van der Waals surface area contributed by atoms with Gasteiger partial charge in [-0.05, 0) is 37.0 Å². The van der Waals surface area contributed by atoms with Gasteiger partial charge < -0.3 is 4.74 Å². The lowest BCUT2D eigenvalue weighted by atomic mass is 10.1. The summed E-state index contributed by atoms with van der Waals surface area (Å²) in [5.41, 5.74) is 4.32. The molecule has 0 aliphatic carbocycles. The molecule has 0 fully saturated rings. The molecule has 0 saturated carbocycles. The molecule has 0 saturated heterocycles. The second-order valence-electron chi connectivity index (χ2n) is 4.49. The number of carbonyl (C=O) groups excluding carboxylic acids is 1. The lowest BCUT2D eigenvalue weighted by Crippen LogP contribution is -2.44. The molecule has 0 aliphatic rings. The Morgan fingerprint density at radius 3 is 2.53 bits per heavy atom. The van der Waals surface area contributed by atoms with Crippen LogP contribution in [0, 0.1) is 19.8 Å². The van der Waals surface area contributed by atoms with Crippen molar-refractivity contribution in [2.24, 2.45) is 11.8 Å². The van der Waals surface area contributed by atoms with Crippen LogP contribution in [0.25, 0.3) is 0 Å². The van der Waals surface area contributed by atoms with Gasteiger partial charge in [-0.2, -0.15) is 0 Å². The zero-order chi connectivity index (χ0) is 13.0. The topological polar surface area (TPSA) is 64.3 Å². The normalized spacial score (nSPS) is 12.4. The first-order valence-electron chi connectivity index (χ1n) is 5.70. The number of benzene rings is 1. The smallest absolute Gasteiger partial charge is 0.275 e. The van der Waals surface area contributed by atoms with Crippen molar-refractivity contribution in [3.05, 3.63) is 29.3 Å². The fraction of sp³-hybridized carbons (Fsp3) is 0.462. The van der Waals surface area contributed by atoms with E-state index >= 15 is 0 Å². The first-order chi connectivity index (χ1) is 7.97. The number of rotatable bonds is 4. The molecule has 1 rings (SSSR count). The molecule has 1 aromatic rings. The number of hydrogen-bond acceptors (Lipinski definition) is 3. The average molecular weight is 236 g/mol. The number of amides is 1. The van der Waals surface area contributed by atoms with E-state index in [2.05, 4.69) is 5.43 Å². The molecule has 0 aliphatic heterocycles. The Morgan fingerprint density at radius 1 is 1.35 bits per heavy atom. The summed E-state index contributed by atoms with van der Waals surface area (Å²) < 4.78 is 5.75. The standard InChI is InChI=1S/C13H20N2O2/c1-8(2)12(13(16)15-14)17-11-7-5-6-9(3)10(11)4/h5-8,12H,14H2,1-4H3,(H,15,16). The monoisotopic (exact) mass is 236 g/mol. The van der Waals surface area contributed by atoms with Crippen molar-refractivity contribution in [1.29, 1.82) is 0 Å². The maximum atomic E-state index is 11.6. The number of carbonyl (C=O) groups is 1. The van der Waals surface area contributed by atoms with Crippen molar-refractivity contribution >= 4 is 5.91 Å². The van der Waals surface area contributed by atoms with Crippen molar-refractivity contribution in [2.45, 2.75) is 33.8 Å². The van der Waals surface area contributed by atoms with Gasteiger partial charge in [0, 0.05) is 0 Å². The Bertz CT molecular complexity index is 402.